The molecule has 0 radical (unpaired) electrons. The maximum atomic E-state index is 5.37. The van der Waals surface area contributed by atoms with E-state index in [4.69, 9.17) is 4.42 Å². The van der Waals surface area contributed by atoms with Crippen molar-refractivity contribution in [3.8, 4) is 0 Å². The van der Waals surface area contributed by atoms with E-state index in [1.54, 1.807) is 18.0 Å². The van der Waals surface area contributed by atoms with Crippen LogP contribution < -0.4 is 5.32 Å². The summed E-state index contributed by atoms with van der Waals surface area (Å²) in [5, 5.41) is 4.26. The molecule has 1 aliphatic carbocycles. The summed E-state index contributed by atoms with van der Waals surface area (Å²) in [5.41, 5.74) is 0.964. The van der Waals surface area contributed by atoms with Crippen LogP contribution in [0.25, 0.3) is 0 Å². The normalized spacial score (nSPS) is 19.4. The molecule has 1 N–H and O–H groups in total. The first-order valence-electron chi connectivity index (χ1n) is 6.52. The van der Waals surface area contributed by atoms with Crippen molar-refractivity contribution in [1.29, 1.82) is 0 Å². The van der Waals surface area contributed by atoms with Crippen LogP contribution >= 0.6 is 11.8 Å². The van der Waals surface area contributed by atoms with Gasteiger partial charge in [-0.25, -0.2) is 4.98 Å². The third kappa shape index (κ3) is 3.75. The van der Waals surface area contributed by atoms with Crippen molar-refractivity contribution in [2.24, 2.45) is 5.92 Å². The molecule has 0 saturated heterocycles. The molecule has 0 aromatic carbocycles. The molecule has 1 fully saturated rings. The Hall–Kier alpha value is -0.480. The van der Waals surface area contributed by atoms with Crippen LogP contribution in [0, 0.1) is 12.8 Å². The number of nitrogens with zero attached hydrogens (tertiary/aromatic N) is 1. The quantitative estimate of drug-likeness (QED) is 0.819. The van der Waals surface area contributed by atoms with Crippen molar-refractivity contribution in [3.05, 3.63) is 12.0 Å². The average molecular weight is 254 g/mol. The minimum absolute atomic E-state index is 0.590. The smallest absolute Gasteiger partial charge is 0.255 e. The number of oxazole rings is 1. The van der Waals surface area contributed by atoms with Gasteiger partial charge in [-0.15, -0.1) is 0 Å². The van der Waals surface area contributed by atoms with Crippen molar-refractivity contribution in [2.75, 3.05) is 12.8 Å². The zero-order valence-corrected chi connectivity index (χ0v) is 11.6. The number of nitrogens with one attached hydrogen (secondary N) is 1. The van der Waals surface area contributed by atoms with Crippen molar-refractivity contribution in [1.82, 2.24) is 10.3 Å². The third-order valence-corrected chi connectivity index (χ3v) is 4.53. The Morgan fingerprint density at radius 3 is 2.82 bits per heavy atom. The Balaban J connectivity index is 1.82. The molecular formula is C13H22N2OS. The van der Waals surface area contributed by atoms with E-state index in [2.05, 4.69) is 17.3 Å². The van der Waals surface area contributed by atoms with Gasteiger partial charge in [0.15, 0.2) is 0 Å². The van der Waals surface area contributed by atoms with E-state index in [0.717, 1.165) is 22.6 Å². The Morgan fingerprint density at radius 1 is 1.47 bits per heavy atom. The molecule has 1 aliphatic rings. The fraction of sp³-hybridized carbons (Fsp3) is 0.769. The van der Waals surface area contributed by atoms with E-state index in [1.807, 2.05) is 6.92 Å². The van der Waals surface area contributed by atoms with E-state index < -0.39 is 0 Å². The Morgan fingerprint density at radius 2 is 2.24 bits per heavy atom. The maximum Gasteiger partial charge on any atom is 0.255 e. The summed E-state index contributed by atoms with van der Waals surface area (Å²) in [7, 11) is 2.07. The standard InChI is InChI=1S/C13H22N2OS/c1-10-8-16-13(15-10)17-9-12(14-2)11-6-4-3-5-7-11/h8,11-12,14H,3-7,9H2,1-2H3. The molecule has 1 aromatic rings. The molecule has 4 heteroatoms. The number of aromatic nitrogens is 1. The van der Waals surface area contributed by atoms with Crippen LogP contribution in [0.15, 0.2) is 15.9 Å². The summed E-state index contributed by atoms with van der Waals surface area (Å²) in [6.07, 6.45) is 8.67. The van der Waals surface area contributed by atoms with Gasteiger partial charge < -0.3 is 9.73 Å². The van der Waals surface area contributed by atoms with Crippen molar-refractivity contribution < 1.29 is 4.42 Å². The van der Waals surface area contributed by atoms with Crippen LogP contribution in [0.1, 0.15) is 37.8 Å². The highest BCUT2D eigenvalue weighted by molar-refractivity contribution is 7.99. The Kier molecular flexibility index (Phi) is 4.92. The topological polar surface area (TPSA) is 38.1 Å². The lowest BCUT2D eigenvalue weighted by molar-refractivity contribution is 0.294. The summed E-state index contributed by atoms with van der Waals surface area (Å²) >= 11 is 1.73. The minimum atomic E-state index is 0.590. The molecule has 0 bridgehead atoms. The van der Waals surface area contributed by atoms with Gasteiger partial charge in [0.2, 0.25) is 0 Å². The number of thioether (sulfide) groups is 1. The molecule has 1 atom stereocenters. The molecule has 1 heterocycles. The fourth-order valence-electron chi connectivity index (χ4n) is 2.55. The molecule has 1 saturated carbocycles. The minimum Gasteiger partial charge on any atom is -0.440 e. The zero-order valence-electron chi connectivity index (χ0n) is 10.7. The summed E-state index contributed by atoms with van der Waals surface area (Å²) in [4.78, 5) is 4.33. The predicted octanol–water partition coefficient (Wildman–Crippen LogP) is 3.24. The second kappa shape index (κ2) is 6.45. The van der Waals surface area contributed by atoms with Gasteiger partial charge in [0, 0.05) is 11.8 Å². The lowest BCUT2D eigenvalue weighted by Gasteiger charge is -2.29. The number of aryl methyl sites for hydroxylation is 1. The molecule has 1 unspecified atom stereocenters. The molecule has 96 valence electrons. The number of hydrogen-bond donors (Lipinski definition) is 1. The second-order valence-electron chi connectivity index (χ2n) is 4.86. The number of rotatable bonds is 5. The van der Waals surface area contributed by atoms with Crippen molar-refractivity contribution in [3.63, 3.8) is 0 Å². The first kappa shape index (κ1) is 13.0. The Labute approximate surface area is 108 Å². The van der Waals surface area contributed by atoms with Crippen molar-refractivity contribution >= 4 is 11.8 Å². The van der Waals surface area contributed by atoms with Crippen LogP contribution in [0.5, 0.6) is 0 Å². The zero-order chi connectivity index (χ0) is 12.1. The van der Waals surface area contributed by atoms with Gasteiger partial charge in [-0.1, -0.05) is 31.0 Å². The van der Waals surface area contributed by atoms with Gasteiger partial charge in [0.1, 0.15) is 6.26 Å². The summed E-state index contributed by atoms with van der Waals surface area (Å²) in [6, 6.07) is 0.590. The molecule has 2 rings (SSSR count). The van der Waals surface area contributed by atoms with Crippen LogP contribution in [0.3, 0.4) is 0 Å². The number of hydrogen-bond acceptors (Lipinski definition) is 4. The van der Waals surface area contributed by atoms with E-state index in [0.29, 0.717) is 6.04 Å². The highest BCUT2D eigenvalue weighted by atomic mass is 32.2. The summed E-state index contributed by atoms with van der Waals surface area (Å²) in [6.45, 7) is 1.96. The van der Waals surface area contributed by atoms with Gasteiger partial charge in [-0.05, 0) is 32.7 Å². The van der Waals surface area contributed by atoms with Gasteiger partial charge in [0.05, 0.1) is 5.69 Å². The second-order valence-corrected chi connectivity index (χ2v) is 5.83. The van der Waals surface area contributed by atoms with Crippen LogP contribution in [-0.2, 0) is 0 Å². The summed E-state index contributed by atoms with van der Waals surface area (Å²) in [5.74, 6) is 1.89. The molecule has 17 heavy (non-hydrogen) atoms. The molecule has 0 spiro atoms. The first-order chi connectivity index (χ1) is 8.29. The highest BCUT2D eigenvalue weighted by Gasteiger charge is 2.22. The molecular weight excluding hydrogens is 232 g/mol. The first-order valence-corrected chi connectivity index (χ1v) is 7.50. The SMILES string of the molecule is CNC(CSc1nc(C)co1)C1CCCCC1. The van der Waals surface area contributed by atoms with Crippen LogP contribution in [0.2, 0.25) is 0 Å². The fourth-order valence-corrected chi connectivity index (χ4v) is 3.64. The van der Waals surface area contributed by atoms with E-state index >= 15 is 0 Å². The van der Waals surface area contributed by atoms with Crippen LogP contribution in [-0.4, -0.2) is 23.8 Å². The van der Waals surface area contributed by atoms with E-state index in [9.17, 15) is 0 Å². The van der Waals surface area contributed by atoms with Gasteiger partial charge in [-0.3, -0.25) is 0 Å². The monoisotopic (exact) mass is 254 g/mol. The third-order valence-electron chi connectivity index (χ3n) is 3.57. The average Bonchev–Trinajstić information content (AvgIpc) is 2.77. The summed E-state index contributed by atoms with van der Waals surface area (Å²) < 4.78 is 5.37. The van der Waals surface area contributed by atoms with Crippen LogP contribution in [0.4, 0.5) is 0 Å². The Bertz CT molecular complexity index is 334. The van der Waals surface area contributed by atoms with E-state index in [-0.39, 0.29) is 0 Å². The highest BCUT2D eigenvalue weighted by Crippen LogP contribution is 2.29. The maximum absolute atomic E-state index is 5.37. The molecule has 3 nitrogen and oxygen atoms in total. The van der Waals surface area contributed by atoms with Gasteiger partial charge >= 0.3 is 0 Å². The van der Waals surface area contributed by atoms with Gasteiger partial charge in [-0.2, -0.15) is 0 Å². The molecule has 1 aromatic heterocycles. The van der Waals surface area contributed by atoms with Crippen molar-refractivity contribution in [2.45, 2.75) is 50.3 Å². The largest absolute Gasteiger partial charge is 0.440 e. The lowest BCUT2D eigenvalue weighted by atomic mass is 9.84. The predicted molar refractivity (Wildman–Crippen MR) is 71.4 cm³/mol. The lowest BCUT2D eigenvalue weighted by Crippen LogP contribution is -2.36. The molecule has 0 amide bonds. The van der Waals surface area contributed by atoms with E-state index in [1.165, 1.54) is 32.1 Å². The van der Waals surface area contributed by atoms with Gasteiger partial charge in [0.25, 0.3) is 5.22 Å². The molecule has 0 aliphatic heterocycles.